The molecular formula is C22H22N2O4. The Morgan fingerprint density at radius 3 is 2.61 bits per heavy atom. The number of carbonyl (C=O) groups excluding carboxylic acids is 1. The Hall–Kier alpha value is -3.15. The van der Waals surface area contributed by atoms with Gasteiger partial charge in [-0.05, 0) is 60.6 Å². The number of anilines is 1. The first kappa shape index (κ1) is 18.2. The third-order valence-electron chi connectivity index (χ3n) is 6.04. The summed E-state index contributed by atoms with van der Waals surface area (Å²) >= 11 is 0. The lowest BCUT2D eigenvalue weighted by Gasteiger charge is -2.38. The average molecular weight is 378 g/mol. The Labute approximate surface area is 163 Å². The van der Waals surface area contributed by atoms with Crippen LogP contribution in [0.3, 0.4) is 0 Å². The molecule has 0 saturated carbocycles. The minimum absolute atomic E-state index is 0.0694. The van der Waals surface area contributed by atoms with Gasteiger partial charge in [0.15, 0.2) is 0 Å². The molecule has 6 nitrogen and oxygen atoms in total. The Morgan fingerprint density at radius 2 is 1.96 bits per heavy atom. The molecule has 1 aliphatic heterocycles. The Kier molecular flexibility index (Phi) is 4.41. The number of hydrogen-bond donors (Lipinski definition) is 1. The van der Waals surface area contributed by atoms with Crippen LogP contribution < -0.4 is 5.32 Å². The third-order valence-corrected chi connectivity index (χ3v) is 6.04. The van der Waals surface area contributed by atoms with Crippen molar-refractivity contribution in [3.8, 4) is 0 Å². The number of nitrogens with one attached hydrogen (secondary N) is 1. The van der Waals surface area contributed by atoms with Crippen LogP contribution in [0.15, 0.2) is 42.5 Å². The zero-order valence-electron chi connectivity index (χ0n) is 16.1. The molecule has 6 heteroatoms. The predicted molar refractivity (Wildman–Crippen MR) is 107 cm³/mol. The number of fused-ring (bicyclic) bond motifs is 3. The van der Waals surface area contributed by atoms with Gasteiger partial charge in [0.1, 0.15) is 5.69 Å². The van der Waals surface area contributed by atoms with Crippen molar-refractivity contribution in [1.82, 2.24) is 0 Å². The summed E-state index contributed by atoms with van der Waals surface area (Å²) in [6.07, 6.45) is 5.24. The number of hydrogen-bond acceptors (Lipinski definition) is 5. The maximum absolute atomic E-state index is 11.7. The molecule has 0 aromatic heterocycles. The highest BCUT2D eigenvalue weighted by Crippen LogP contribution is 2.53. The molecule has 0 amide bonds. The minimum Gasteiger partial charge on any atom is -0.465 e. The van der Waals surface area contributed by atoms with Gasteiger partial charge in [-0.15, -0.1) is 0 Å². The second-order valence-electron chi connectivity index (χ2n) is 7.47. The summed E-state index contributed by atoms with van der Waals surface area (Å²) in [5, 5.41) is 15.2. The number of nitro benzene ring substituents is 1. The van der Waals surface area contributed by atoms with Crippen LogP contribution >= 0.6 is 0 Å². The Morgan fingerprint density at radius 1 is 1.25 bits per heavy atom. The van der Waals surface area contributed by atoms with Crippen LogP contribution in [0.1, 0.15) is 51.0 Å². The molecule has 28 heavy (non-hydrogen) atoms. The second-order valence-corrected chi connectivity index (χ2v) is 7.47. The molecule has 0 saturated heterocycles. The smallest absolute Gasteiger partial charge is 0.337 e. The summed E-state index contributed by atoms with van der Waals surface area (Å²) in [4.78, 5) is 23.1. The fraction of sp³-hybridized carbons (Fsp3) is 0.318. The fourth-order valence-corrected chi connectivity index (χ4v) is 4.50. The minimum atomic E-state index is -0.379. The molecule has 0 radical (unpaired) electrons. The number of methoxy groups -OCH3 is 1. The van der Waals surface area contributed by atoms with Crippen molar-refractivity contribution >= 4 is 17.3 Å². The molecule has 1 N–H and O–H groups in total. The molecule has 2 aromatic carbocycles. The van der Waals surface area contributed by atoms with Crippen molar-refractivity contribution in [3.63, 3.8) is 0 Å². The molecule has 2 aliphatic rings. The number of aryl methyl sites for hydroxylation is 1. The number of allylic oxidation sites excluding steroid dienone is 2. The topological polar surface area (TPSA) is 81.5 Å². The maximum Gasteiger partial charge on any atom is 0.337 e. The molecule has 0 spiro atoms. The summed E-state index contributed by atoms with van der Waals surface area (Å²) in [5.74, 6) is 0.0346. The van der Waals surface area contributed by atoms with E-state index in [0.717, 1.165) is 28.7 Å². The van der Waals surface area contributed by atoms with E-state index >= 15 is 0 Å². The van der Waals surface area contributed by atoms with Crippen LogP contribution in [0, 0.1) is 29.9 Å². The summed E-state index contributed by atoms with van der Waals surface area (Å²) < 4.78 is 4.76. The van der Waals surface area contributed by atoms with Gasteiger partial charge in [-0.2, -0.15) is 0 Å². The fourth-order valence-electron chi connectivity index (χ4n) is 4.50. The summed E-state index contributed by atoms with van der Waals surface area (Å²) in [7, 11) is 1.36. The van der Waals surface area contributed by atoms with Crippen molar-refractivity contribution < 1.29 is 14.5 Å². The zero-order chi connectivity index (χ0) is 20.0. The third kappa shape index (κ3) is 2.76. The highest BCUT2D eigenvalue weighted by atomic mass is 16.6. The number of carbonyl (C=O) groups is 1. The van der Waals surface area contributed by atoms with Gasteiger partial charge in [0.25, 0.3) is 5.69 Å². The van der Waals surface area contributed by atoms with E-state index in [1.54, 1.807) is 18.2 Å². The Bertz CT molecular complexity index is 995. The van der Waals surface area contributed by atoms with Gasteiger partial charge in [0.05, 0.1) is 23.6 Å². The second kappa shape index (κ2) is 6.78. The Balaban J connectivity index is 1.81. The van der Waals surface area contributed by atoms with Crippen molar-refractivity contribution in [2.75, 3.05) is 12.4 Å². The number of nitro groups is 1. The first-order chi connectivity index (χ1) is 13.4. The van der Waals surface area contributed by atoms with E-state index in [1.165, 1.54) is 7.11 Å². The monoisotopic (exact) mass is 378 g/mol. The zero-order valence-corrected chi connectivity index (χ0v) is 16.1. The van der Waals surface area contributed by atoms with Gasteiger partial charge in [-0.1, -0.05) is 24.3 Å². The van der Waals surface area contributed by atoms with Gasteiger partial charge in [-0.25, -0.2) is 4.79 Å². The van der Waals surface area contributed by atoms with Crippen LogP contribution in [0.2, 0.25) is 0 Å². The van der Waals surface area contributed by atoms with E-state index in [-0.39, 0.29) is 34.5 Å². The van der Waals surface area contributed by atoms with E-state index in [2.05, 4.69) is 17.5 Å². The van der Waals surface area contributed by atoms with Gasteiger partial charge >= 0.3 is 5.97 Å². The molecule has 1 heterocycles. The number of esters is 1. The van der Waals surface area contributed by atoms with E-state index in [0.29, 0.717) is 11.3 Å². The number of benzene rings is 2. The van der Waals surface area contributed by atoms with Crippen molar-refractivity contribution in [2.24, 2.45) is 5.92 Å². The summed E-state index contributed by atoms with van der Waals surface area (Å²) in [6, 6.07) is 8.86. The van der Waals surface area contributed by atoms with Crippen LogP contribution in [0.5, 0.6) is 0 Å². The van der Waals surface area contributed by atoms with Crippen molar-refractivity contribution in [1.29, 1.82) is 0 Å². The lowest BCUT2D eigenvalue weighted by atomic mass is 9.74. The molecular weight excluding hydrogens is 356 g/mol. The van der Waals surface area contributed by atoms with Crippen LogP contribution in [-0.2, 0) is 4.74 Å². The number of rotatable bonds is 3. The van der Waals surface area contributed by atoms with Crippen LogP contribution in [0.25, 0.3) is 0 Å². The van der Waals surface area contributed by atoms with E-state index < -0.39 is 0 Å². The van der Waals surface area contributed by atoms with Crippen LogP contribution in [0.4, 0.5) is 11.4 Å². The molecule has 2 aromatic rings. The largest absolute Gasteiger partial charge is 0.465 e. The lowest BCUT2D eigenvalue weighted by Crippen LogP contribution is -2.30. The number of nitrogens with zero attached hydrogens (tertiary/aromatic N) is 1. The molecule has 144 valence electrons. The SMILES string of the molecule is COC(=O)c1ccc([C@H]2Nc3c([N+](=O)[O-])cc(C)c(C)c3[C@@H]3C=CC[C@H]23)cc1. The highest BCUT2D eigenvalue weighted by Gasteiger charge is 2.41. The molecule has 0 unspecified atom stereocenters. The first-order valence-electron chi connectivity index (χ1n) is 9.32. The predicted octanol–water partition coefficient (Wildman–Crippen LogP) is 4.82. The molecule has 4 rings (SSSR count). The molecule has 0 bridgehead atoms. The van der Waals surface area contributed by atoms with E-state index in [4.69, 9.17) is 4.74 Å². The molecule has 0 fully saturated rings. The first-order valence-corrected chi connectivity index (χ1v) is 9.32. The molecule has 1 aliphatic carbocycles. The van der Waals surface area contributed by atoms with Gasteiger partial charge < -0.3 is 10.1 Å². The van der Waals surface area contributed by atoms with Gasteiger partial charge in [-0.3, -0.25) is 10.1 Å². The van der Waals surface area contributed by atoms with Crippen molar-refractivity contribution in [2.45, 2.75) is 32.2 Å². The maximum atomic E-state index is 11.7. The average Bonchev–Trinajstić information content (AvgIpc) is 3.18. The summed E-state index contributed by atoms with van der Waals surface area (Å²) in [6.45, 7) is 3.96. The quantitative estimate of drug-likeness (QED) is 0.358. The van der Waals surface area contributed by atoms with E-state index in [9.17, 15) is 14.9 Å². The summed E-state index contributed by atoms with van der Waals surface area (Å²) in [5.41, 5.74) is 5.30. The van der Waals surface area contributed by atoms with Crippen molar-refractivity contribution in [3.05, 3.63) is 80.4 Å². The van der Waals surface area contributed by atoms with Crippen LogP contribution in [-0.4, -0.2) is 18.0 Å². The normalized spacial score (nSPS) is 22.2. The van der Waals surface area contributed by atoms with Gasteiger partial charge in [0, 0.05) is 12.0 Å². The highest BCUT2D eigenvalue weighted by molar-refractivity contribution is 5.89. The lowest BCUT2D eigenvalue weighted by molar-refractivity contribution is -0.384. The standard InChI is InChI=1S/C22H22N2O4/c1-12-11-18(24(26)27)21-19(13(12)2)16-5-4-6-17(16)20(23-21)14-7-9-15(10-8-14)22(25)28-3/h4-5,7-11,16-17,20,23H,6H2,1-3H3/t16-,17+,20-/m1/s1. The van der Waals surface area contributed by atoms with Gasteiger partial charge in [0.2, 0.25) is 0 Å². The molecule has 3 atom stereocenters. The number of ether oxygens (including phenoxy) is 1. The van der Waals surface area contributed by atoms with E-state index in [1.807, 2.05) is 26.0 Å².